The first-order chi connectivity index (χ1) is 9.58. The van der Waals surface area contributed by atoms with Gasteiger partial charge in [-0.1, -0.05) is 23.3 Å². The number of esters is 1. The number of aliphatic hydroxyl groups is 1. The van der Waals surface area contributed by atoms with Gasteiger partial charge >= 0.3 is 5.97 Å². The van der Waals surface area contributed by atoms with Gasteiger partial charge in [0.25, 0.3) is 0 Å². The molecule has 0 heterocycles. The van der Waals surface area contributed by atoms with Gasteiger partial charge in [0.2, 0.25) is 0 Å². The van der Waals surface area contributed by atoms with Crippen molar-refractivity contribution in [3.05, 3.63) is 45.8 Å². The highest BCUT2D eigenvalue weighted by atomic mass is 16.5. The Hall–Kier alpha value is -2.37. The maximum atomic E-state index is 11.9. The summed E-state index contributed by atoms with van der Waals surface area (Å²) in [5.74, 6) is -1.19. The molecule has 0 aliphatic carbocycles. The standard InChI is InChI=1S/C13H15N3O4/c1-2-20-13(19)12(18)7-11(17)10-5-3-4-9(6-10)8-15-16-14/h3-6,12,18H,2,7-8H2,1H3. The van der Waals surface area contributed by atoms with Gasteiger partial charge in [0.05, 0.1) is 13.2 Å². The molecule has 20 heavy (non-hydrogen) atoms. The van der Waals surface area contributed by atoms with Crippen molar-refractivity contribution in [3.63, 3.8) is 0 Å². The molecule has 1 unspecified atom stereocenters. The van der Waals surface area contributed by atoms with E-state index in [1.165, 1.54) is 0 Å². The number of carbonyl (C=O) groups is 2. The van der Waals surface area contributed by atoms with Gasteiger partial charge in [0, 0.05) is 16.9 Å². The normalized spacial score (nSPS) is 11.3. The SMILES string of the molecule is CCOC(=O)C(O)CC(=O)c1cccc(CN=[N+]=[N-])c1. The van der Waals surface area contributed by atoms with Gasteiger partial charge in [0.1, 0.15) is 0 Å². The quantitative estimate of drug-likeness (QED) is 0.270. The molecule has 0 saturated carbocycles. The highest BCUT2D eigenvalue weighted by Crippen LogP contribution is 2.11. The summed E-state index contributed by atoms with van der Waals surface area (Å²) in [6.07, 6.45) is -1.81. The van der Waals surface area contributed by atoms with E-state index in [1.807, 2.05) is 0 Å². The fourth-order valence-corrected chi connectivity index (χ4v) is 1.57. The highest BCUT2D eigenvalue weighted by Gasteiger charge is 2.20. The maximum Gasteiger partial charge on any atom is 0.335 e. The fourth-order valence-electron chi connectivity index (χ4n) is 1.57. The predicted molar refractivity (Wildman–Crippen MR) is 70.9 cm³/mol. The molecule has 0 aromatic heterocycles. The highest BCUT2D eigenvalue weighted by molar-refractivity contribution is 5.98. The molecule has 1 rings (SSSR count). The van der Waals surface area contributed by atoms with Crippen molar-refractivity contribution >= 4 is 11.8 Å². The molecule has 0 aliphatic rings. The lowest BCUT2D eigenvalue weighted by atomic mass is 10.0. The minimum Gasteiger partial charge on any atom is -0.464 e. The van der Waals surface area contributed by atoms with Crippen LogP contribution in [0.2, 0.25) is 0 Å². The van der Waals surface area contributed by atoms with Crippen molar-refractivity contribution in [1.29, 1.82) is 0 Å². The third kappa shape index (κ3) is 4.72. The number of Topliss-reactive ketones (excluding diaryl/α,β-unsaturated/α-hetero) is 1. The molecular formula is C13H15N3O4. The van der Waals surface area contributed by atoms with Crippen LogP contribution in [0.15, 0.2) is 29.4 Å². The summed E-state index contributed by atoms with van der Waals surface area (Å²) in [5.41, 5.74) is 9.27. The Bertz CT molecular complexity index is 538. The topological polar surface area (TPSA) is 112 Å². The zero-order valence-electron chi connectivity index (χ0n) is 11.0. The molecule has 0 fully saturated rings. The van der Waals surface area contributed by atoms with Gasteiger partial charge in [-0.05, 0) is 24.1 Å². The van der Waals surface area contributed by atoms with E-state index in [2.05, 4.69) is 14.8 Å². The zero-order valence-corrected chi connectivity index (χ0v) is 11.0. The van der Waals surface area contributed by atoms with Gasteiger partial charge in [-0.15, -0.1) is 0 Å². The second-order valence-corrected chi connectivity index (χ2v) is 3.98. The molecular weight excluding hydrogens is 262 g/mol. The maximum absolute atomic E-state index is 11.9. The molecule has 0 amide bonds. The van der Waals surface area contributed by atoms with Crippen molar-refractivity contribution in [1.82, 2.24) is 0 Å². The molecule has 1 N–H and O–H groups in total. The Morgan fingerprint density at radius 1 is 1.50 bits per heavy atom. The number of carbonyl (C=O) groups excluding carboxylic acids is 2. The molecule has 1 aromatic carbocycles. The third-order valence-electron chi connectivity index (χ3n) is 2.50. The molecule has 0 aliphatic heterocycles. The van der Waals surface area contributed by atoms with E-state index >= 15 is 0 Å². The molecule has 0 radical (unpaired) electrons. The van der Waals surface area contributed by atoms with Gasteiger partial charge in [0.15, 0.2) is 11.9 Å². The molecule has 1 aromatic rings. The Labute approximate surface area is 115 Å². The van der Waals surface area contributed by atoms with E-state index in [9.17, 15) is 14.7 Å². The van der Waals surface area contributed by atoms with E-state index in [-0.39, 0.29) is 25.4 Å². The summed E-state index contributed by atoms with van der Waals surface area (Å²) in [6.45, 7) is 1.90. The molecule has 0 spiro atoms. The Morgan fingerprint density at radius 3 is 2.90 bits per heavy atom. The Balaban J connectivity index is 2.72. The van der Waals surface area contributed by atoms with Gasteiger partial charge in [-0.2, -0.15) is 0 Å². The molecule has 0 saturated heterocycles. The van der Waals surface area contributed by atoms with Crippen LogP contribution >= 0.6 is 0 Å². The Kier molecular flexibility index (Phi) is 6.22. The molecule has 7 nitrogen and oxygen atoms in total. The van der Waals surface area contributed by atoms with Crippen molar-refractivity contribution < 1.29 is 19.4 Å². The average molecular weight is 277 g/mol. The predicted octanol–water partition coefficient (Wildman–Crippen LogP) is 1.99. The van der Waals surface area contributed by atoms with E-state index in [0.29, 0.717) is 11.1 Å². The Morgan fingerprint density at radius 2 is 2.25 bits per heavy atom. The number of ether oxygens (including phenoxy) is 1. The van der Waals surface area contributed by atoms with E-state index < -0.39 is 12.1 Å². The summed E-state index contributed by atoms with van der Waals surface area (Å²) < 4.78 is 4.62. The van der Waals surface area contributed by atoms with Crippen molar-refractivity contribution in [2.45, 2.75) is 26.0 Å². The van der Waals surface area contributed by atoms with Crippen LogP contribution in [-0.4, -0.2) is 29.6 Å². The first kappa shape index (κ1) is 15.7. The van der Waals surface area contributed by atoms with E-state index in [1.54, 1.807) is 31.2 Å². The monoisotopic (exact) mass is 277 g/mol. The lowest BCUT2D eigenvalue weighted by molar-refractivity contribution is -0.152. The fraction of sp³-hybridized carbons (Fsp3) is 0.385. The lowest BCUT2D eigenvalue weighted by Crippen LogP contribution is -2.26. The number of nitrogens with zero attached hydrogens (tertiary/aromatic N) is 3. The summed E-state index contributed by atoms with van der Waals surface area (Å²) in [4.78, 5) is 25.8. The molecule has 0 bridgehead atoms. The largest absolute Gasteiger partial charge is 0.464 e. The third-order valence-corrected chi connectivity index (χ3v) is 2.50. The first-order valence-electron chi connectivity index (χ1n) is 6.06. The summed E-state index contributed by atoms with van der Waals surface area (Å²) in [5, 5.41) is 12.9. The second-order valence-electron chi connectivity index (χ2n) is 3.98. The summed E-state index contributed by atoms with van der Waals surface area (Å²) in [6, 6.07) is 6.49. The van der Waals surface area contributed by atoms with Crippen molar-refractivity contribution in [2.75, 3.05) is 6.61 Å². The van der Waals surface area contributed by atoms with Gasteiger partial charge < -0.3 is 9.84 Å². The van der Waals surface area contributed by atoms with Crippen LogP contribution in [0.3, 0.4) is 0 Å². The lowest BCUT2D eigenvalue weighted by Gasteiger charge is -2.09. The van der Waals surface area contributed by atoms with Crippen molar-refractivity contribution in [3.8, 4) is 0 Å². The summed E-state index contributed by atoms with van der Waals surface area (Å²) in [7, 11) is 0. The van der Waals surface area contributed by atoms with Crippen LogP contribution in [0.5, 0.6) is 0 Å². The number of aliphatic hydroxyl groups excluding tert-OH is 1. The first-order valence-corrected chi connectivity index (χ1v) is 6.06. The number of azide groups is 1. The number of benzene rings is 1. The van der Waals surface area contributed by atoms with Gasteiger partial charge in [-0.3, -0.25) is 4.79 Å². The van der Waals surface area contributed by atoms with E-state index in [4.69, 9.17) is 5.53 Å². The van der Waals surface area contributed by atoms with Crippen LogP contribution in [0.25, 0.3) is 10.4 Å². The van der Waals surface area contributed by atoms with Crippen molar-refractivity contribution in [2.24, 2.45) is 5.11 Å². The van der Waals surface area contributed by atoms with Crippen LogP contribution in [-0.2, 0) is 16.1 Å². The number of hydrogen-bond donors (Lipinski definition) is 1. The summed E-state index contributed by atoms with van der Waals surface area (Å²) >= 11 is 0. The van der Waals surface area contributed by atoms with E-state index in [0.717, 1.165) is 0 Å². The van der Waals surface area contributed by atoms with Gasteiger partial charge in [-0.25, -0.2) is 4.79 Å². The van der Waals surface area contributed by atoms with Crippen LogP contribution in [0, 0.1) is 0 Å². The second kappa shape index (κ2) is 7.93. The number of hydrogen-bond acceptors (Lipinski definition) is 5. The minimum atomic E-state index is -1.47. The zero-order chi connectivity index (χ0) is 15.0. The van der Waals surface area contributed by atoms with Crippen LogP contribution < -0.4 is 0 Å². The molecule has 106 valence electrons. The van der Waals surface area contributed by atoms with Crippen LogP contribution in [0.1, 0.15) is 29.3 Å². The smallest absolute Gasteiger partial charge is 0.335 e. The molecule has 7 heteroatoms. The number of rotatable bonds is 7. The average Bonchev–Trinajstić information content (AvgIpc) is 2.45. The number of ketones is 1. The molecule has 1 atom stereocenters. The minimum absolute atomic E-state index is 0.137. The van der Waals surface area contributed by atoms with Crippen LogP contribution in [0.4, 0.5) is 0 Å².